The van der Waals surface area contributed by atoms with Gasteiger partial charge in [-0.25, -0.2) is 0 Å². The van der Waals surface area contributed by atoms with Crippen LogP contribution in [0, 0.1) is 11.3 Å². The molecule has 116 valence electrons. The number of alkyl halides is 3. The number of nitrogens with one attached hydrogen (secondary N) is 2. The number of carbonyl (C=O) groups is 1. The first-order valence-corrected chi connectivity index (χ1v) is 6.98. The Morgan fingerprint density at radius 3 is 2.70 bits per heavy atom. The molecule has 2 aliphatic rings. The van der Waals surface area contributed by atoms with Gasteiger partial charge in [0.25, 0.3) is 0 Å². The second-order valence-corrected chi connectivity index (χ2v) is 5.91. The second kappa shape index (κ2) is 5.89. The first kappa shape index (κ1) is 15.6. The molecule has 1 aliphatic carbocycles. The fourth-order valence-corrected chi connectivity index (χ4v) is 2.93. The van der Waals surface area contributed by atoms with E-state index in [2.05, 4.69) is 15.4 Å². The Balaban J connectivity index is 1.67. The highest BCUT2D eigenvalue weighted by Gasteiger charge is 2.57. The van der Waals surface area contributed by atoms with Crippen LogP contribution < -0.4 is 10.6 Å². The maximum Gasteiger partial charge on any atom is 0.411 e. The van der Waals surface area contributed by atoms with Crippen LogP contribution in [0.5, 0.6) is 0 Å². The number of halogens is 3. The van der Waals surface area contributed by atoms with Gasteiger partial charge in [-0.05, 0) is 44.7 Å². The van der Waals surface area contributed by atoms with E-state index in [0.29, 0.717) is 0 Å². The average Bonchev–Trinajstić information content (AvgIpc) is 3.02. The smallest absolute Gasteiger partial charge is 0.370 e. The monoisotopic (exact) mass is 294 g/mol. The lowest BCUT2D eigenvalue weighted by Crippen LogP contribution is -2.39. The standard InChI is InChI=1S/C13H21F3N2O2/c1-9(7-20-8-13(14,15)16)18-11(19)10-6-12(10)2-4-17-5-3-12/h9-10,17H,2-8H2,1H3,(H,18,19). The molecule has 2 atom stereocenters. The van der Waals surface area contributed by atoms with Gasteiger partial charge in [-0.3, -0.25) is 4.79 Å². The molecule has 1 aliphatic heterocycles. The summed E-state index contributed by atoms with van der Waals surface area (Å²) >= 11 is 0. The van der Waals surface area contributed by atoms with Crippen LogP contribution in [0.2, 0.25) is 0 Å². The van der Waals surface area contributed by atoms with Gasteiger partial charge in [0.05, 0.1) is 6.61 Å². The zero-order valence-corrected chi connectivity index (χ0v) is 11.6. The number of carbonyl (C=O) groups excluding carboxylic acids is 1. The van der Waals surface area contributed by atoms with Crippen molar-refractivity contribution < 1.29 is 22.7 Å². The van der Waals surface area contributed by atoms with Gasteiger partial charge in [0.1, 0.15) is 6.61 Å². The van der Waals surface area contributed by atoms with E-state index in [4.69, 9.17) is 0 Å². The largest absolute Gasteiger partial charge is 0.411 e. The van der Waals surface area contributed by atoms with Gasteiger partial charge in [-0.1, -0.05) is 0 Å². The van der Waals surface area contributed by atoms with E-state index >= 15 is 0 Å². The Hall–Kier alpha value is -0.820. The van der Waals surface area contributed by atoms with E-state index in [-0.39, 0.29) is 23.8 Å². The van der Waals surface area contributed by atoms with Crippen LogP contribution in [-0.4, -0.2) is 44.4 Å². The molecule has 0 aromatic rings. The molecule has 1 saturated carbocycles. The summed E-state index contributed by atoms with van der Waals surface area (Å²) in [4.78, 5) is 12.0. The van der Waals surface area contributed by atoms with E-state index < -0.39 is 18.8 Å². The highest BCUT2D eigenvalue weighted by molar-refractivity contribution is 5.82. The molecule has 2 unspecified atom stereocenters. The summed E-state index contributed by atoms with van der Waals surface area (Å²) in [5.41, 5.74) is 0.141. The summed E-state index contributed by atoms with van der Waals surface area (Å²) in [5.74, 6) is -0.0234. The van der Waals surface area contributed by atoms with Crippen LogP contribution in [-0.2, 0) is 9.53 Å². The Morgan fingerprint density at radius 1 is 1.45 bits per heavy atom. The van der Waals surface area contributed by atoms with Crippen LogP contribution in [0.25, 0.3) is 0 Å². The Labute approximate surface area is 116 Å². The third-order valence-corrected chi connectivity index (χ3v) is 4.13. The number of piperidine rings is 1. The van der Waals surface area contributed by atoms with Crippen molar-refractivity contribution in [3.63, 3.8) is 0 Å². The minimum Gasteiger partial charge on any atom is -0.370 e. The van der Waals surface area contributed by atoms with Crippen LogP contribution in [0.3, 0.4) is 0 Å². The molecule has 2 N–H and O–H groups in total. The van der Waals surface area contributed by atoms with Crippen molar-refractivity contribution in [2.75, 3.05) is 26.3 Å². The molecule has 1 saturated heterocycles. The molecule has 0 aromatic carbocycles. The van der Waals surface area contributed by atoms with Crippen molar-refractivity contribution in [1.82, 2.24) is 10.6 Å². The van der Waals surface area contributed by atoms with Crippen LogP contribution in [0.15, 0.2) is 0 Å². The van der Waals surface area contributed by atoms with Crippen molar-refractivity contribution in [2.45, 2.75) is 38.4 Å². The summed E-state index contributed by atoms with van der Waals surface area (Å²) in [6.45, 7) is 2.15. The normalized spacial score (nSPS) is 26.3. The van der Waals surface area contributed by atoms with Gasteiger partial charge in [0.15, 0.2) is 0 Å². The summed E-state index contributed by atoms with van der Waals surface area (Å²) < 4.78 is 40.3. The number of rotatable bonds is 5. The maximum atomic E-state index is 12.0. The average molecular weight is 294 g/mol. The molecule has 4 nitrogen and oxygen atoms in total. The lowest BCUT2D eigenvalue weighted by atomic mass is 9.91. The van der Waals surface area contributed by atoms with Gasteiger partial charge in [-0.15, -0.1) is 0 Å². The van der Waals surface area contributed by atoms with Crippen molar-refractivity contribution >= 4 is 5.91 Å². The number of hydrogen-bond donors (Lipinski definition) is 2. The Morgan fingerprint density at radius 2 is 2.10 bits per heavy atom. The number of amides is 1. The summed E-state index contributed by atoms with van der Waals surface area (Å²) in [6.07, 6.45) is -1.41. The molecular weight excluding hydrogens is 273 g/mol. The van der Waals surface area contributed by atoms with Gasteiger partial charge < -0.3 is 15.4 Å². The van der Waals surface area contributed by atoms with Crippen molar-refractivity contribution in [2.24, 2.45) is 11.3 Å². The van der Waals surface area contributed by atoms with Crippen LogP contribution in [0.1, 0.15) is 26.2 Å². The minimum atomic E-state index is -4.32. The number of hydrogen-bond acceptors (Lipinski definition) is 3. The lowest BCUT2D eigenvalue weighted by Gasteiger charge is -2.23. The quantitative estimate of drug-likeness (QED) is 0.807. The molecule has 1 spiro atoms. The third kappa shape index (κ3) is 4.09. The van der Waals surface area contributed by atoms with E-state index in [1.807, 2.05) is 0 Å². The molecular formula is C13H21F3N2O2. The van der Waals surface area contributed by atoms with Gasteiger partial charge in [-0.2, -0.15) is 13.2 Å². The maximum absolute atomic E-state index is 12.0. The van der Waals surface area contributed by atoms with Gasteiger partial charge >= 0.3 is 6.18 Å². The molecule has 0 aromatic heterocycles. The highest BCUT2D eigenvalue weighted by Crippen LogP contribution is 2.58. The minimum absolute atomic E-state index is 0.0228. The molecule has 2 fully saturated rings. The fourth-order valence-electron chi connectivity index (χ4n) is 2.93. The summed E-state index contributed by atoms with van der Waals surface area (Å²) in [7, 11) is 0. The topological polar surface area (TPSA) is 50.4 Å². The van der Waals surface area contributed by atoms with E-state index in [1.165, 1.54) is 0 Å². The number of ether oxygens (including phenoxy) is 1. The van der Waals surface area contributed by atoms with E-state index in [1.54, 1.807) is 6.92 Å². The zero-order valence-electron chi connectivity index (χ0n) is 11.6. The van der Waals surface area contributed by atoms with Crippen LogP contribution in [0.4, 0.5) is 13.2 Å². The first-order valence-electron chi connectivity index (χ1n) is 6.98. The molecule has 2 rings (SSSR count). The van der Waals surface area contributed by atoms with Gasteiger partial charge in [0.2, 0.25) is 5.91 Å². The molecule has 1 amide bonds. The SMILES string of the molecule is CC(COCC(F)(F)F)NC(=O)C1CC12CCNCC2. The van der Waals surface area contributed by atoms with Crippen molar-refractivity contribution in [3.05, 3.63) is 0 Å². The molecule has 20 heavy (non-hydrogen) atoms. The van der Waals surface area contributed by atoms with Gasteiger partial charge in [0, 0.05) is 12.0 Å². The highest BCUT2D eigenvalue weighted by atomic mass is 19.4. The summed E-state index contributed by atoms with van der Waals surface area (Å²) in [6, 6.07) is -0.399. The van der Waals surface area contributed by atoms with Crippen LogP contribution >= 0.6 is 0 Å². The predicted molar refractivity (Wildman–Crippen MR) is 67.1 cm³/mol. The zero-order chi connectivity index (χ0) is 14.8. The Bertz CT molecular complexity index is 354. The van der Waals surface area contributed by atoms with E-state index in [0.717, 1.165) is 32.4 Å². The fraction of sp³-hybridized carbons (Fsp3) is 0.923. The Kier molecular flexibility index (Phi) is 4.59. The molecule has 7 heteroatoms. The third-order valence-electron chi connectivity index (χ3n) is 4.13. The first-order chi connectivity index (χ1) is 9.32. The second-order valence-electron chi connectivity index (χ2n) is 5.91. The summed E-state index contributed by atoms with van der Waals surface area (Å²) in [5, 5.41) is 6.01. The van der Waals surface area contributed by atoms with Crippen molar-refractivity contribution in [1.29, 1.82) is 0 Å². The lowest BCUT2D eigenvalue weighted by molar-refractivity contribution is -0.175. The van der Waals surface area contributed by atoms with E-state index in [9.17, 15) is 18.0 Å². The van der Waals surface area contributed by atoms with Crippen molar-refractivity contribution in [3.8, 4) is 0 Å². The molecule has 0 radical (unpaired) electrons. The predicted octanol–water partition coefficient (Wildman–Crippen LogP) is 1.46. The molecule has 0 bridgehead atoms. The molecule has 1 heterocycles.